The number of benzene rings is 10. The SMILES string of the molecule is c1ccc(-c2ccc(N(c3cccc(-c4cccc5ccccc45)c3-c3ccc4ccccc4c3)c3cccc4sc5ccccc5c34)c3ccccc23)cc1. The Morgan fingerprint density at radius 1 is 0.304 bits per heavy atom. The van der Waals surface area contributed by atoms with Crippen molar-refractivity contribution in [3.8, 4) is 33.4 Å². The zero-order chi connectivity index (χ0) is 37.0. The van der Waals surface area contributed by atoms with E-state index in [1.165, 1.54) is 85.9 Å². The third kappa shape index (κ3) is 5.30. The molecule has 1 aromatic heterocycles. The number of nitrogens with zero attached hydrogens (tertiary/aromatic N) is 1. The second kappa shape index (κ2) is 13.4. The fourth-order valence-electron chi connectivity index (χ4n) is 8.74. The molecule has 0 N–H and O–H groups in total. The van der Waals surface area contributed by atoms with E-state index in [2.05, 4.69) is 217 Å². The second-order valence-corrected chi connectivity index (χ2v) is 15.5. The second-order valence-electron chi connectivity index (χ2n) is 14.4. The molecule has 56 heavy (non-hydrogen) atoms. The molecule has 1 heterocycles. The number of anilines is 3. The van der Waals surface area contributed by atoms with Crippen LogP contribution in [0.3, 0.4) is 0 Å². The van der Waals surface area contributed by atoms with Crippen molar-refractivity contribution in [1.29, 1.82) is 0 Å². The van der Waals surface area contributed by atoms with Crippen LogP contribution in [0.1, 0.15) is 0 Å². The van der Waals surface area contributed by atoms with Gasteiger partial charge in [0.2, 0.25) is 0 Å². The van der Waals surface area contributed by atoms with Crippen LogP contribution in [-0.4, -0.2) is 0 Å². The Kier molecular flexibility index (Phi) is 7.75. The molecule has 0 amide bonds. The lowest BCUT2D eigenvalue weighted by atomic mass is 9.88. The first kappa shape index (κ1) is 32.4. The predicted molar refractivity (Wildman–Crippen MR) is 243 cm³/mol. The van der Waals surface area contributed by atoms with Gasteiger partial charge in [-0.15, -0.1) is 11.3 Å². The minimum atomic E-state index is 1.13. The van der Waals surface area contributed by atoms with Crippen molar-refractivity contribution in [2.75, 3.05) is 4.90 Å². The van der Waals surface area contributed by atoms with Gasteiger partial charge in [0.1, 0.15) is 0 Å². The van der Waals surface area contributed by atoms with Gasteiger partial charge in [-0.2, -0.15) is 0 Å². The van der Waals surface area contributed by atoms with Gasteiger partial charge in [0.25, 0.3) is 0 Å². The molecule has 10 aromatic carbocycles. The van der Waals surface area contributed by atoms with E-state index in [1.54, 1.807) is 0 Å². The number of fused-ring (bicyclic) bond motifs is 6. The Hall–Kier alpha value is -7.00. The summed E-state index contributed by atoms with van der Waals surface area (Å²) in [5, 5.41) is 9.89. The third-order valence-electron chi connectivity index (χ3n) is 11.2. The monoisotopic (exact) mass is 729 g/mol. The van der Waals surface area contributed by atoms with E-state index in [1.807, 2.05) is 11.3 Å². The zero-order valence-corrected chi connectivity index (χ0v) is 31.4. The van der Waals surface area contributed by atoms with Gasteiger partial charge >= 0.3 is 0 Å². The first-order chi connectivity index (χ1) is 27.8. The number of thiophene rings is 1. The molecular formula is C54H35NS. The number of rotatable bonds is 6. The molecule has 11 rings (SSSR count). The van der Waals surface area contributed by atoms with Gasteiger partial charge in [-0.3, -0.25) is 0 Å². The molecule has 262 valence electrons. The average molecular weight is 730 g/mol. The minimum absolute atomic E-state index is 1.13. The first-order valence-electron chi connectivity index (χ1n) is 19.2. The maximum atomic E-state index is 2.55. The van der Waals surface area contributed by atoms with E-state index < -0.39 is 0 Å². The van der Waals surface area contributed by atoms with Crippen molar-refractivity contribution in [2.24, 2.45) is 0 Å². The normalized spacial score (nSPS) is 11.6. The van der Waals surface area contributed by atoms with Crippen LogP contribution in [-0.2, 0) is 0 Å². The van der Waals surface area contributed by atoms with E-state index >= 15 is 0 Å². The summed E-state index contributed by atoms with van der Waals surface area (Å²) in [7, 11) is 0. The lowest BCUT2D eigenvalue weighted by Crippen LogP contribution is -2.13. The lowest BCUT2D eigenvalue weighted by Gasteiger charge is -2.31. The van der Waals surface area contributed by atoms with Gasteiger partial charge < -0.3 is 4.90 Å². The van der Waals surface area contributed by atoms with Crippen LogP contribution in [0.25, 0.3) is 85.9 Å². The van der Waals surface area contributed by atoms with Gasteiger partial charge in [0, 0.05) is 31.1 Å². The highest BCUT2D eigenvalue weighted by molar-refractivity contribution is 7.26. The highest BCUT2D eigenvalue weighted by atomic mass is 32.1. The Morgan fingerprint density at radius 2 is 0.929 bits per heavy atom. The zero-order valence-electron chi connectivity index (χ0n) is 30.6. The fourth-order valence-corrected chi connectivity index (χ4v) is 9.87. The molecule has 0 spiro atoms. The molecule has 0 fully saturated rings. The molecule has 0 saturated carbocycles. The summed E-state index contributed by atoms with van der Waals surface area (Å²) in [6.45, 7) is 0. The van der Waals surface area contributed by atoms with E-state index in [-0.39, 0.29) is 0 Å². The number of hydrogen-bond donors (Lipinski definition) is 0. The summed E-state index contributed by atoms with van der Waals surface area (Å²) in [4.78, 5) is 2.55. The molecule has 2 heteroatoms. The first-order valence-corrected chi connectivity index (χ1v) is 20.0. The third-order valence-corrected chi connectivity index (χ3v) is 12.4. The Bertz CT molecular complexity index is 3260. The van der Waals surface area contributed by atoms with Crippen LogP contribution < -0.4 is 4.90 Å². The van der Waals surface area contributed by atoms with Crippen molar-refractivity contribution in [1.82, 2.24) is 0 Å². The predicted octanol–water partition coefficient (Wildman–Crippen LogP) is 16.0. The molecule has 0 atom stereocenters. The standard InChI is InChI=1S/C54H35NS/c1-2-16-37(17-3-1)42-33-34-48(45-23-9-8-22-43(42)45)55(50-28-14-30-52-54(50)47-24-10-11-29-51(47)56-52)49-27-13-26-46(44-25-12-20-38-18-6-7-21-41(38)44)53(49)40-32-31-36-15-4-5-19-39(36)35-40/h1-35H. The highest BCUT2D eigenvalue weighted by Crippen LogP contribution is 2.52. The van der Waals surface area contributed by atoms with Gasteiger partial charge in [-0.05, 0) is 91.1 Å². The Balaban J connectivity index is 1.29. The van der Waals surface area contributed by atoms with Crippen molar-refractivity contribution >= 4 is 80.9 Å². The van der Waals surface area contributed by atoms with Crippen molar-refractivity contribution in [3.63, 3.8) is 0 Å². The smallest absolute Gasteiger partial charge is 0.0555 e. The molecule has 0 aliphatic carbocycles. The minimum Gasteiger partial charge on any atom is -0.309 e. The molecule has 11 aromatic rings. The van der Waals surface area contributed by atoms with Crippen LogP contribution in [0.15, 0.2) is 212 Å². The summed E-state index contributed by atoms with van der Waals surface area (Å²) >= 11 is 1.86. The van der Waals surface area contributed by atoms with Crippen LogP contribution in [0.2, 0.25) is 0 Å². The van der Waals surface area contributed by atoms with Gasteiger partial charge in [-0.1, -0.05) is 176 Å². The molecule has 0 radical (unpaired) electrons. The van der Waals surface area contributed by atoms with E-state index in [0.29, 0.717) is 0 Å². The van der Waals surface area contributed by atoms with Crippen molar-refractivity contribution in [3.05, 3.63) is 212 Å². The van der Waals surface area contributed by atoms with Crippen LogP contribution in [0.5, 0.6) is 0 Å². The fraction of sp³-hybridized carbons (Fsp3) is 0. The topological polar surface area (TPSA) is 3.24 Å². The van der Waals surface area contributed by atoms with Crippen molar-refractivity contribution < 1.29 is 0 Å². The summed E-state index contributed by atoms with van der Waals surface area (Å²) < 4.78 is 2.56. The molecular weight excluding hydrogens is 695 g/mol. The molecule has 0 bridgehead atoms. The largest absolute Gasteiger partial charge is 0.309 e. The van der Waals surface area contributed by atoms with E-state index in [4.69, 9.17) is 0 Å². The van der Waals surface area contributed by atoms with Crippen LogP contribution >= 0.6 is 11.3 Å². The van der Waals surface area contributed by atoms with E-state index in [0.717, 1.165) is 17.1 Å². The molecule has 0 unspecified atom stereocenters. The summed E-state index contributed by atoms with van der Waals surface area (Å²) in [5.41, 5.74) is 10.7. The van der Waals surface area contributed by atoms with Gasteiger partial charge in [0.05, 0.1) is 17.1 Å². The maximum absolute atomic E-state index is 2.55. The summed E-state index contributed by atoms with van der Waals surface area (Å²) in [6.07, 6.45) is 0. The highest BCUT2D eigenvalue weighted by Gasteiger charge is 2.26. The maximum Gasteiger partial charge on any atom is 0.0555 e. The molecule has 0 aliphatic rings. The Morgan fingerprint density at radius 3 is 1.80 bits per heavy atom. The van der Waals surface area contributed by atoms with E-state index in [9.17, 15) is 0 Å². The molecule has 0 saturated heterocycles. The molecule has 0 aliphatic heterocycles. The summed E-state index contributed by atoms with van der Waals surface area (Å²) in [5.74, 6) is 0. The number of hydrogen-bond acceptors (Lipinski definition) is 2. The quantitative estimate of drug-likeness (QED) is 0.165. The van der Waals surface area contributed by atoms with Crippen LogP contribution in [0.4, 0.5) is 17.1 Å². The lowest BCUT2D eigenvalue weighted by molar-refractivity contribution is 1.32. The summed E-state index contributed by atoms with van der Waals surface area (Å²) in [6, 6.07) is 78.0. The van der Waals surface area contributed by atoms with Gasteiger partial charge in [0.15, 0.2) is 0 Å². The van der Waals surface area contributed by atoms with Crippen molar-refractivity contribution in [2.45, 2.75) is 0 Å². The van der Waals surface area contributed by atoms with Crippen LogP contribution in [0, 0.1) is 0 Å². The molecule has 1 nitrogen and oxygen atoms in total. The average Bonchev–Trinajstić information content (AvgIpc) is 3.66. The Labute approximate surface area is 330 Å². The van der Waals surface area contributed by atoms with Gasteiger partial charge in [-0.25, -0.2) is 0 Å².